The van der Waals surface area contributed by atoms with Gasteiger partial charge in [-0.05, 0) is 51.0 Å². The lowest BCUT2D eigenvalue weighted by Crippen LogP contribution is -2.53. The summed E-state index contributed by atoms with van der Waals surface area (Å²) >= 11 is 0. The van der Waals surface area contributed by atoms with Crippen molar-refractivity contribution in [2.75, 3.05) is 26.2 Å². The molecular formula is C21H26N2O5S. The summed E-state index contributed by atoms with van der Waals surface area (Å²) in [5.41, 5.74) is -0.342. The van der Waals surface area contributed by atoms with Gasteiger partial charge in [-0.3, -0.25) is 4.79 Å². The summed E-state index contributed by atoms with van der Waals surface area (Å²) in [5, 5.41) is 0. The van der Waals surface area contributed by atoms with Crippen LogP contribution < -0.4 is 4.74 Å². The zero-order valence-electron chi connectivity index (χ0n) is 16.7. The predicted octanol–water partition coefficient (Wildman–Crippen LogP) is 2.99. The lowest BCUT2D eigenvalue weighted by molar-refractivity contribution is 0.0255. The van der Waals surface area contributed by atoms with Crippen LogP contribution in [-0.2, 0) is 10.0 Å². The van der Waals surface area contributed by atoms with Gasteiger partial charge >= 0.3 is 0 Å². The van der Waals surface area contributed by atoms with Gasteiger partial charge in [0.2, 0.25) is 10.0 Å². The van der Waals surface area contributed by atoms with E-state index in [4.69, 9.17) is 9.15 Å². The van der Waals surface area contributed by atoms with Gasteiger partial charge in [0.1, 0.15) is 10.6 Å². The van der Waals surface area contributed by atoms with Gasteiger partial charge in [-0.25, -0.2) is 8.42 Å². The smallest absolute Gasteiger partial charge is 0.289 e. The maximum absolute atomic E-state index is 13.3. The van der Waals surface area contributed by atoms with Crippen LogP contribution >= 0.6 is 0 Å². The summed E-state index contributed by atoms with van der Waals surface area (Å²) in [5.74, 6) is 0.594. The number of sulfonamides is 1. The van der Waals surface area contributed by atoms with Gasteiger partial charge in [-0.2, -0.15) is 4.31 Å². The van der Waals surface area contributed by atoms with Crippen molar-refractivity contribution in [3.63, 3.8) is 0 Å². The van der Waals surface area contributed by atoms with Crippen LogP contribution in [0, 0.1) is 5.41 Å². The van der Waals surface area contributed by atoms with E-state index >= 15 is 0 Å². The molecule has 2 aromatic rings. The summed E-state index contributed by atoms with van der Waals surface area (Å²) in [6.45, 7) is 5.67. The fraction of sp³-hybridized carbons (Fsp3) is 0.476. The Hall–Kier alpha value is -2.32. The van der Waals surface area contributed by atoms with Crippen LogP contribution in [0.3, 0.4) is 0 Å². The molecule has 0 aliphatic carbocycles. The molecule has 0 radical (unpaired) electrons. The van der Waals surface area contributed by atoms with E-state index in [9.17, 15) is 13.2 Å². The summed E-state index contributed by atoms with van der Waals surface area (Å²) < 4.78 is 39.5. The average molecular weight is 419 g/mol. The number of hydrogen-bond acceptors (Lipinski definition) is 5. The minimum atomic E-state index is -3.67. The summed E-state index contributed by atoms with van der Waals surface area (Å²) in [4.78, 5) is 14.6. The Balaban J connectivity index is 1.60. The number of nitrogens with zero attached hydrogens (tertiary/aromatic N) is 2. The molecule has 1 aromatic carbocycles. The van der Waals surface area contributed by atoms with Gasteiger partial charge in [0.15, 0.2) is 5.76 Å². The largest absolute Gasteiger partial charge is 0.492 e. The van der Waals surface area contributed by atoms with Crippen LogP contribution in [0.15, 0.2) is 52.0 Å². The maximum Gasteiger partial charge on any atom is 0.289 e. The Labute approximate surface area is 171 Å². The number of para-hydroxylation sites is 1. The first-order chi connectivity index (χ1) is 13.8. The van der Waals surface area contributed by atoms with Crippen molar-refractivity contribution in [2.24, 2.45) is 5.41 Å². The number of amides is 1. The van der Waals surface area contributed by atoms with Crippen LogP contribution in [0.25, 0.3) is 0 Å². The van der Waals surface area contributed by atoms with Crippen molar-refractivity contribution in [1.29, 1.82) is 0 Å². The molecule has 3 heterocycles. The fourth-order valence-corrected chi connectivity index (χ4v) is 5.99. The van der Waals surface area contributed by atoms with E-state index in [1.165, 1.54) is 6.26 Å². The molecule has 29 heavy (non-hydrogen) atoms. The van der Waals surface area contributed by atoms with Gasteiger partial charge in [0.05, 0.1) is 12.9 Å². The fourth-order valence-electron chi connectivity index (χ4n) is 4.10. The van der Waals surface area contributed by atoms with Gasteiger partial charge in [-0.15, -0.1) is 0 Å². The Morgan fingerprint density at radius 2 is 1.83 bits per heavy atom. The molecule has 1 aromatic heterocycles. The Kier molecular flexibility index (Phi) is 5.16. The second-order valence-electron chi connectivity index (χ2n) is 8.15. The molecule has 1 amide bonds. The highest BCUT2D eigenvalue weighted by Crippen LogP contribution is 2.40. The third-order valence-electron chi connectivity index (χ3n) is 5.88. The minimum Gasteiger partial charge on any atom is -0.492 e. The Morgan fingerprint density at radius 3 is 2.48 bits per heavy atom. The van der Waals surface area contributed by atoms with E-state index < -0.39 is 10.0 Å². The number of carbonyl (C=O) groups excluding carboxylic acids is 1. The van der Waals surface area contributed by atoms with Crippen molar-refractivity contribution in [2.45, 2.75) is 37.6 Å². The number of ether oxygens (including phenoxy) is 1. The number of furan rings is 1. The third kappa shape index (κ3) is 3.67. The van der Waals surface area contributed by atoms with Crippen LogP contribution in [0.2, 0.25) is 0 Å². The normalized spacial score (nSPS) is 21.3. The highest BCUT2D eigenvalue weighted by molar-refractivity contribution is 7.89. The predicted molar refractivity (Wildman–Crippen MR) is 107 cm³/mol. The van der Waals surface area contributed by atoms with E-state index in [0.29, 0.717) is 50.6 Å². The van der Waals surface area contributed by atoms with E-state index in [1.54, 1.807) is 45.6 Å². The van der Waals surface area contributed by atoms with E-state index in [1.807, 2.05) is 13.8 Å². The van der Waals surface area contributed by atoms with Crippen molar-refractivity contribution in [3.8, 4) is 5.75 Å². The van der Waals surface area contributed by atoms with Crippen LogP contribution in [0.5, 0.6) is 5.75 Å². The molecule has 8 heteroatoms. The average Bonchev–Trinajstić information content (AvgIpc) is 3.25. The number of piperidine rings is 1. The summed E-state index contributed by atoms with van der Waals surface area (Å²) in [6, 6.07) is 10.00. The first-order valence-electron chi connectivity index (χ1n) is 9.89. The van der Waals surface area contributed by atoms with Crippen molar-refractivity contribution in [3.05, 3.63) is 48.4 Å². The number of hydrogen-bond donors (Lipinski definition) is 0. The summed E-state index contributed by atoms with van der Waals surface area (Å²) in [7, 11) is -3.67. The molecule has 1 saturated heterocycles. The SMILES string of the molecule is CC(C)N1CC2(CCN(C(=O)c3ccco3)CC2)COc2ccccc2S1(=O)=O. The molecule has 156 valence electrons. The Morgan fingerprint density at radius 1 is 1.10 bits per heavy atom. The molecular weight excluding hydrogens is 392 g/mol. The monoisotopic (exact) mass is 418 g/mol. The van der Waals surface area contributed by atoms with Crippen molar-refractivity contribution in [1.82, 2.24) is 9.21 Å². The van der Waals surface area contributed by atoms with Crippen LogP contribution in [0.1, 0.15) is 37.2 Å². The lowest BCUT2D eigenvalue weighted by Gasteiger charge is -2.45. The van der Waals surface area contributed by atoms with Gasteiger partial charge in [-0.1, -0.05) is 12.1 Å². The molecule has 1 spiro atoms. The van der Waals surface area contributed by atoms with E-state index in [2.05, 4.69) is 0 Å². The molecule has 2 aliphatic heterocycles. The molecule has 4 rings (SSSR count). The molecule has 2 aliphatic rings. The summed E-state index contributed by atoms with van der Waals surface area (Å²) in [6.07, 6.45) is 2.82. The maximum atomic E-state index is 13.3. The van der Waals surface area contributed by atoms with Crippen LogP contribution in [0.4, 0.5) is 0 Å². The second kappa shape index (κ2) is 7.50. The highest BCUT2D eigenvalue weighted by atomic mass is 32.2. The molecule has 0 saturated carbocycles. The number of likely N-dealkylation sites (tertiary alicyclic amines) is 1. The first-order valence-corrected chi connectivity index (χ1v) is 11.3. The molecule has 0 unspecified atom stereocenters. The third-order valence-corrected chi connectivity index (χ3v) is 7.94. The van der Waals surface area contributed by atoms with Gasteiger partial charge in [0, 0.05) is 31.1 Å². The van der Waals surface area contributed by atoms with Gasteiger partial charge < -0.3 is 14.1 Å². The molecule has 1 fully saturated rings. The first kappa shape index (κ1) is 20.0. The molecule has 0 N–H and O–H groups in total. The highest BCUT2D eigenvalue weighted by Gasteiger charge is 2.44. The molecule has 0 atom stereocenters. The second-order valence-corrected chi connectivity index (χ2v) is 10.0. The zero-order chi connectivity index (χ0) is 20.6. The number of benzene rings is 1. The zero-order valence-corrected chi connectivity index (χ0v) is 17.5. The Bertz CT molecular complexity index is 976. The quantitative estimate of drug-likeness (QED) is 0.749. The van der Waals surface area contributed by atoms with Crippen molar-refractivity contribution < 1.29 is 22.4 Å². The molecule has 7 nitrogen and oxygen atoms in total. The number of rotatable bonds is 2. The van der Waals surface area contributed by atoms with Crippen LogP contribution in [-0.4, -0.2) is 55.8 Å². The lowest BCUT2D eigenvalue weighted by atomic mass is 9.78. The molecule has 0 bridgehead atoms. The topological polar surface area (TPSA) is 80.1 Å². The standard InChI is InChI=1S/C21H26N2O5S/c1-16(2)23-14-21(15-28-17-6-3-4-8-19(17)29(23,25)26)9-11-22(12-10-21)20(24)18-7-5-13-27-18/h3-8,13,16H,9-12,14-15H2,1-2H3. The number of fused-ring (bicyclic) bond motifs is 1. The van der Waals surface area contributed by atoms with E-state index in [0.717, 1.165) is 0 Å². The number of carbonyl (C=O) groups is 1. The van der Waals surface area contributed by atoms with E-state index in [-0.39, 0.29) is 22.3 Å². The van der Waals surface area contributed by atoms with Gasteiger partial charge in [0.25, 0.3) is 5.91 Å². The minimum absolute atomic E-state index is 0.129. The van der Waals surface area contributed by atoms with Crippen molar-refractivity contribution >= 4 is 15.9 Å².